The molecule has 1 aliphatic rings. The number of nitrogens with zero attached hydrogens (tertiary/aromatic N) is 3. The van der Waals surface area contributed by atoms with E-state index in [-0.39, 0.29) is 29.0 Å². The normalized spacial score (nSPS) is 13.0. The third-order valence-corrected chi connectivity index (χ3v) is 5.52. The van der Waals surface area contributed by atoms with Crippen LogP contribution in [0.1, 0.15) is 34.6 Å². The lowest BCUT2D eigenvalue weighted by Gasteiger charge is -2.16. The van der Waals surface area contributed by atoms with E-state index in [2.05, 4.69) is 25.3 Å². The first-order chi connectivity index (χ1) is 14.5. The standard InChI is InChI=1S/C21H19N5O3S/c1-12-19-14(8-5-9-16(19)27)23-20(22-12)25-18(29)11-30-21-24-15(10-17(28)26-21)13-6-3-2-4-7-13/h2-4,6-7,10H,5,8-9,11H2,1H3,(H,24,26,28)(H,22,23,25,29). The number of anilines is 1. The highest BCUT2D eigenvalue weighted by atomic mass is 32.2. The van der Waals surface area contributed by atoms with E-state index in [1.807, 2.05) is 30.3 Å². The lowest BCUT2D eigenvalue weighted by Crippen LogP contribution is -2.21. The number of ketones is 1. The summed E-state index contributed by atoms with van der Waals surface area (Å²) in [6, 6.07) is 10.8. The van der Waals surface area contributed by atoms with Gasteiger partial charge in [-0.15, -0.1) is 0 Å². The number of H-pyrrole nitrogens is 1. The Hall–Kier alpha value is -3.33. The molecule has 2 heterocycles. The van der Waals surface area contributed by atoms with Crippen LogP contribution in [0.4, 0.5) is 5.95 Å². The summed E-state index contributed by atoms with van der Waals surface area (Å²) in [4.78, 5) is 52.0. The lowest BCUT2D eigenvalue weighted by atomic mass is 9.94. The van der Waals surface area contributed by atoms with Gasteiger partial charge in [0, 0.05) is 18.1 Å². The molecule has 0 spiro atoms. The van der Waals surface area contributed by atoms with Gasteiger partial charge in [-0.3, -0.25) is 19.7 Å². The topological polar surface area (TPSA) is 118 Å². The highest BCUT2D eigenvalue weighted by molar-refractivity contribution is 7.99. The predicted octanol–water partition coefficient (Wildman–Crippen LogP) is 2.79. The number of thioether (sulfide) groups is 1. The largest absolute Gasteiger partial charge is 0.301 e. The summed E-state index contributed by atoms with van der Waals surface area (Å²) in [6.07, 6.45) is 1.95. The van der Waals surface area contributed by atoms with Crippen molar-refractivity contribution in [3.05, 3.63) is 63.7 Å². The second-order valence-electron chi connectivity index (χ2n) is 6.87. The predicted molar refractivity (Wildman–Crippen MR) is 114 cm³/mol. The van der Waals surface area contributed by atoms with Gasteiger partial charge in [0.05, 0.1) is 28.4 Å². The molecular weight excluding hydrogens is 402 g/mol. The molecule has 2 N–H and O–H groups in total. The molecule has 1 aliphatic carbocycles. The van der Waals surface area contributed by atoms with E-state index in [0.29, 0.717) is 40.6 Å². The second kappa shape index (κ2) is 8.58. The van der Waals surface area contributed by atoms with E-state index in [1.165, 1.54) is 6.07 Å². The molecule has 30 heavy (non-hydrogen) atoms. The fourth-order valence-corrected chi connectivity index (χ4v) is 4.00. The fourth-order valence-electron chi connectivity index (χ4n) is 3.33. The number of nitrogens with one attached hydrogen (secondary N) is 2. The van der Waals surface area contributed by atoms with Gasteiger partial charge in [-0.1, -0.05) is 42.1 Å². The van der Waals surface area contributed by atoms with Gasteiger partial charge in [0.15, 0.2) is 10.9 Å². The molecule has 0 aliphatic heterocycles. The first-order valence-corrected chi connectivity index (χ1v) is 10.5. The zero-order valence-electron chi connectivity index (χ0n) is 16.3. The number of benzene rings is 1. The average molecular weight is 421 g/mol. The Labute approximate surface area is 176 Å². The summed E-state index contributed by atoms with van der Waals surface area (Å²) >= 11 is 1.12. The van der Waals surface area contributed by atoms with Crippen molar-refractivity contribution in [2.24, 2.45) is 0 Å². The number of aryl methyl sites for hydroxylation is 2. The average Bonchev–Trinajstić information content (AvgIpc) is 2.72. The zero-order chi connectivity index (χ0) is 21.1. The van der Waals surface area contributed by atoms with Crippen molar-refractivity contribution in [2.45, 2.75) is 31.3 Å². The van der Waals surface area contributed by atoms with Crippen LogP contribution in [0.5, 0.6) is 0 Å². The number of carbonyl (C=O) groups excluding carboxylic acids is 2. The molecule has 4 rings (SSSR count). The van der Waals surface area contributed by atoms with Crippen LogP contribution < -0.4 is 10.9 Å². The minimum absolute atomic E-state index is 0.0274. The maximum absolute atomic E-state index is 12.4. The van der Waals surface area contributed by atoms with Gasteiger partial charge in [-0.25, -0.2) is 15.0 Å². The first kappa shape index (κ1) is 20.0. The highest BCUT2D eigenvalue weighted by Crippen LogP contribution is 2.23. The van der Waals surface area contributed by atoms with Crippen LogP contribution >= 0.6 is 11.8 Å². The van der Waals surface area contributed by atoms with Crippen molar-refractivity contribution >= 4 is 29.4 Å². The number of aromatic nitrogens is 4. The monoisotopic (exact) mass is 421 g/mol. The van der Waals surface area contributed by atoms with Gasteiger partial charge in [0.1, 0.15) is 0 Å². The molecule has 0 saturated heterocycles. The van der Waals surface area contributed by atoms with Crippen molar-refractivity contribution in [3.8, 4) is 11.3 Å². The molecule has 9 heteroatoms. The van der Waals surface area contributed by atoms with Crippen molar-refractivity contribution in [1.29, 1.82) is 0 Å². The lowest BCUT2D eigenvalue weighted by molar-refractivity contribution is -0.113. The Morgan fingerprint density at radius 2 is 1.93 bits per heavy atom. The van der Waals surface area contributed by atoms with E-state index >= 15 is 0 Å². The van der Waals surface area contributed by atoms with Crippen molar-refractivity contribution in [1.82, 2.24) is 19.9 Å². The number of fused-ring (bicyclic) bond motifs is 1. The molecule has 1 amide bonds. The van der Waals surface area contributed by atoms with Crippen LogP contribution in [0.15, 0.2) is 46.3 Å². The minimum atomic E-state index is -0.325. The van der Waals surface area contributed by atoms with Crippen LogP contribution in [0.2, 0.25) is 0 Å². The van der Waals surface area contributed by atoms with E-state index < -0.39 is 0 Å². The van der Waals surface area contributed by atoms with Gasteiger partial charge >= 0.3 is 0 Å². The number of Topliss-reactive ketones (excluding diaryl/α,β-unsaturated/α-hetero) is 1. The third-order valence-electron chi connectivity index (χ3n) is 4.64. The van der Waals surface area contributed by atoms with Crippen molar-refractivity contribution in [3.63, 3.8) is 0 Å². The summed E-state index contributed by atoms with van der Waals surface area (Å²) in [5.41, 5.74) is 2.92. The smallest absolute Gasteiger partial charge is 0.252 e. The molecule has 0 fully saturated rings. The Bertz CT molecular complexity index is 1180. The Balaban J connectivity index is 1.45. The van der Waals surface area contributed by atoms with Crippen LogP contribution in [0.3, 0.4) is 0 Å². The summed E-state index contributed by atoms with van der Waals surface area (Å²) < 4.78 is 0. The molecule has 0 unspecified atom stereocenters. The van der Waals surface area contributed by atoms with Gasteiger partial charge in [0.25, 0.3) is 5.56 Å². The van der Waals surface area contributed by atoms with Crippen LogP contribution in [0.25, 0.3) is 11.3 Å². The number of rotatable bonds is 5. The van der Waals surface area contributed by atoms with Crippen LogP contribution in [-0.2, 0) is 11.2 Å². The van der Waals surface area contributed by atoms with E-state index in [1.54, 1.807) is 6.92 Å². The Morgan fingerprint density at radius 3 is 2.73 bits per heavy atom. The molecular formula is C21H19N5O3S. The molecule has 0 atom stereocenters. The highest BCUT2D eigenvalue weighted by Gasteiger charge is 2.23. The van der Waals surface area contributed by atoms with E-state index in [0.717, 1.165) is 23.7 Å². The molecule has 0 radical (unpaired) electrons. The Morgan fingerprint density at radius 1 is 1.13 bits per heavy atom. The number of carbonyl (C=O) groups is 2. The molecule has 1 aromatic carbocycles. The minimum Gasteiger partial charge on any atom is -0.301 e. The zero-order valence-corrected chi connectivity index (χ0v) is 17.1. The maximum Gasteiger partial charge on any atom is 0.252 e. The number of aromatic amines is 1. The molecule has 2 aromatic heterocycles. The number of hydrogen-bond acceptors (Lipinski definition) is 7. The number of hydrogen-bond donors (Lipinski definition) is 2. The van der Waals surface area contributed by atoms with E-state index in [4.69, 9.17) is 0 Å². The molecule has 8 nitrogen and oxygen atoms in total. The van der Waals surface area contributed by atoms with Crippen LogP contribution in [0, 0.1) is 6.92 Å². The van der Waals surface area contributed by atoms with Gasteiger partial charge < -0.3 is 4.98 Å². The Kier molecular flexibility index (Phi) is 5.71. The first-order valence-electron chi connectivity index (χ1n) is 9.50. The molecule has 0 bridgehead atoms. The summed E-state index contributed by atoms with van der Waals surface area (Å²) in [7, 11) is 0. The van der Waals surface area contributed by atoms with Gasteiger partial charge in [0.2, 0.25) is 11.9 Å². The molecule has 3 aromatic rings. The summed E-state index contributed by atoms with van der Waals surface area (Å²) in [5.74, 6) is -0.0598. The van der Waals surface area contributed by atoms with Gasteiger partial charge in [-0.2, -0.15) is 0 Å². The second-order valence-corrected chi connectivity index (χ2v) is 7.83. The SMILES string of the molecule is Cc1nc(NC(=O)CSc2nc(-c3ccccc3)cc(=O)[nH]2)nc2c1C(=O)CCC2. The quantitative estimate of drug-likeness (QED) is 0.480. The fraction of sp³-hybridized carbons (Fsp3) is 0.238. The van der Waals surface area contributed by atoms with Gasteiger partial charge in [-0.05, 0) is 19.8 Å². The third kappa shape index (κ3) is 4.46. The summed E-state index contributed by atoms with van der Waals surface area (Å²) in [6.45, 7) is 1.75. The van der Waals surface area contributed by atoms with Crippen LogP contribution in [-0.4, -0.2) is 37.4 Å². The number of amides is 1. The maximum atomic E-state index is 12.4. The molecule has 152 valence electrons. The van der Waals surface area contributed by atoms with E-state index in [9.17, 15) is 14.4 Å². The van der Waals surface area contributed by atoms with Crippen molar-refractivity contribution < 1.29 is 9.59 Å². The molecule has 0 saturated carbocycles. The summed E-state index contributed by atoms with van der Waals surface area (Å²) in [5, 5.41) is 3.02. The van der Waals surface area contributed by atoms with Crippen molar-refractivity contribution in [2.75, 3.05) is 11.1 Å².